The van der Waals surface area contributed by atoms with Crippen LogP contribution in [0.3, 0.4) is 0 Å². The van der Waals surface area contributed by atoms with E-state index in [1.807, 2.05) is 19.1 Å². The molecule has 1 aromatic heterocycles. The first kappa shape index (κ1) is 14.4. The average Bonchev–Trinajstić information content (AvgIpc) is 2.48. The van der Waals surface area contributed by atoms with E-state index in [2.05, 4.69) is 15.0 Å². The Balaban J connectivity index is 2.00. The molecule has 0 spiro atoms. The largest absolute Gasteiger partial charge is 0.317 e. The van der Waals surface area contributed by atoms with Gasteiger partial charge in [-0.05, 0) is 56.6 Å². The summed E-state index contributed by atoms with van der Waals surface area (Å²) in [5, 5.41) is 3.91. The monoisotopic (exact) mass is 305 g/mol. The van der Waals surface area contributed by atoms with Crippen molar-refractivity contribution in [1.29, 1.82) is 0 Å². The van der Waals surface area contributed by atoms with Crippen molar-refractivity contribution in [3.63, 3.8) is 0 Å². The van der Waals surface area contributed by atoms with Gasteiger partial charge in [-0.15, -0.1) is 0 Å². The van der Waals surface area contributed by atoms with Crippen LogP contribution < -0.4 is 10.0 Å². The van der Waals surface area contributed by atoms with Gasteiger partial charge < -0.3 is 5.32 Å². The van der Waals surface area contributed by atoms with E-state index in [9.17, 15) is 8.42 Å². The van der Waals surface area contributed by atoms with Gasteiger partial charge in [0.25, 0.3) is 0 Å². The lowest BCUT2D eigenvalue weighted by Crippen LogP contribution is -2.42. The maximum atomic E-state index is 12.7. The van der Waals surface area contributed by atoms with Gasteiger partial charge in [-0.2, -0.15) is 0 Å². The summed E-state index contributed by atoms with van der Waals surface area (Å²) < 4.78 is 28.2. The van der Waals surface area contributed by atoms with Gasteiger partial charge >= 0.3 is 0 Å². The number of benzene rings is 1. The minimum atomic E-state index is -3.52. The van der Waals surface area contributed by atoms with Gasteiger partial charge in [0.1, 0.15) is 0 Å². The van der Waals surface area contributed by atoms with Crippen molar-refractivity contribution in [1.82, 2.24) is 15.0 Å². The first-order chi connectivity index (χ1) is 10.1. The molecule has 1 aromatic carbocycles. The Morgan fingerprint density at radius 3 is 2.76 bits per heavy atom. The molecule has 21 heavy (non-hydrogen) atoms. The third-order valence-electron chi connectivity index (χ3n) is 3.88. The lowest BCUT2D eigenvalue weighted by molar-refractivity contribution is 0.427. The van der Waals surface area contributed by atoms with Crippen molar-refractivity contribution >= 4 is 20.9 Å². The molecule has 3 rings (SSSR count). The molecular formula is C15H19N3O2S. The zero-order valence-corrected chi connectivity index (χ0v) is 12.8. The molecule has 1 aliphatic rings. The van der Waals surface area contributed by atoms with Crippen LogP contribution >= 0.6 is 0 Å². The summed E-state index contributed by atoms with van der Waals surface area (Å²) in [4.78, 5) is 4.61. The molecule has 112 valence electrons. The van der Waals surface area contributed by atoms with Crippen LogP contribution in [0.1, 0.15) is 18.4 Å². The number of nitrogens with one attached hydrogen (secondary N) is 2. The molecule has 0 bridgehead atoms. The molecule has 0 radical (unpaired) electrons. The van der Waals surface area contributed by atoms with Crippen LogP contribution in [0.15, 0.2) is 35.4 Å². The third-order valence-corrected chi connectivity index (χ3v) is 5.46. The van der Waals surface area contributed by atoms with Crippen LogP contribution in [0.5, 0.6) is 0 Å². The molecule has 0 unspecified atom stereocenters. The molecule has 1 fully saturated rings. The number of aromatic nitrogens is 1. The van der Waals surface area contributed by atoms with Crippen LogP contribution in [-0.2, 0) is 10.0 Å². The summed E-state index contributed by atoms with van der Waals surface area (Å²) in [6, 6.07) is 7.07. The van der Waals surface area contributed by atoms with Crippen molar-refractivity contribution in [2.75, 3.05) is 13.1 Å². The van der Waals surface area contributed by atoms with Crippen LogP contribution in [0, 0.1) is 6.92 Å². The predicted molar refractivity (Wildman–Crippen MR) is 82.7 cm³/mol. The van der Waals surface area contributed by atoms with E-state index in [4.69, 9.17) is 0 Å². The van der Waals surface area contributed by atoms with Gasteiger partial charge in [-0.3, -0.25) is 4.98 Å². The summed E-state index contributed by atoms with van der Waals surface area (Å²) >= 11 is 0. The Kier molecular flexibility index (Phi) is 3.93. The van der Waals surface area contributed by atoms with Gasteiger partial charge in [0.2, 0.25) is 10.0 Å². The zero-order chi connectivity index (χ0) is 14.9. The highest BCUT2D eigenvalue weighted by molar-refractivity contribution is 7.89. The SMILES string of the molecule is Cc1ccc(S(=O)(=O)NC2CCNCC2)c2cccnc12. The topological polar surface area (TPSA) is 71.1 Å². The van der Waals surface area contributed by atoms with Crippen LogP contribution in [0.4, 0.5) is 0 Å². The number of aryl methyl sites for hydroxylation is 1. The number of nitrogens with zero attached hydrogens (tertiary/aromatic N) is 1. The first-order valence-corrected chi connectivity index (χ1v) is 8.63. The van der Waals surface area contributed by atoms with E-state index in [0.717, 1.165) is 37.0 Å². The summed E-state index contributed by atoms with van der Waals surface area (Å²) in [5.74, 6) is 0. The number of pyridine rings is 1. The summed E-state index contributed by atoms with van der Waals surface area (Å²) in [5.41, 5.74) is 1.72. The highest BCUT2D eigenvalue weighted by atomic mass is 32.2. The van der Waals surface area contributed by atoms with Gasteiger partial charge in [0.15, 0.2) is 0 Å². The Labute approximate surface area is 124 Å². The third kappa shape index (κ3) is 2.92. The molecule has 0 amide bonds. The second kappa shape index (κ2) is 5.71. The van der Waals surface area contributed by atoms with E-state index in [1.54, 1.807) is 18.3 Å². The molecule has 1 aliphatic heterocycles. The smallest absolute Gasteiger partial charge is 0.241 e. The highest BCUT2D eigenvalue weighted by Crippen LogP contribution is 2.24. The summed E-state index contributed by atoms with van der Waals surface area (Å²) in [6.45, 7) is 3.64. The van der Waals surface area contributed by atoms with E-state index >= 15 is 0 Å². The standard InChI is InChI=1S/C15H19N3O2S/c1-11-4-5-14(13-3-2-8-17-15(11)13)21(19,20)18-12-6-9-16-10-7-12/h2-5,8,12,16,18H,6-7,9-10H2,1H3. The minimum absolute atomic E-state index is 0.00396. The predicted octanol–water partition coefficient (Wildman–Crippen LogP) is 1.57. The fourth-order valence-corrected chi connectivity index (χ4v) is 4.25. The van der Waals surface area contributed by atoms with Crippen molar-refractivity contribution in [3.05, 3.63) is 36.0 Å². The van der Waals surface area contributed by atoms with Crippen LogP contribution in [-0.4, -0.2) is 32.5 Å². The van der Waals surface area contributed by atoms with E-state index < -0.39 is 10.0 Å². The van der Waals surface area contributed by atoms with Crippen molar-refractivity contribution in [3.8, 4) is 0 Å². The van der Waals surface area contributed by atoms with Gasteiger partial charge in [0.05, 0.1) is 10.4 Å². The van der Waals surface area contributed by atoms with Gasteiger partial charge in [-0.25, -0.2) is 13.1 Å². The molecule has 1 saturated heterocycles. The Hall–Kier alpha value is -1.50. The van der Waals surface area contributed by atoms with E-state index in [-0.39, 0.29) is 6.04 Å². The number of fused-ring (bicyclic) bond motifs is 1. The Morgan fingerprint density at radius 1 is 1.24 bits per heavy atom. The number of hydrogen-bond donors (Lipinski definition) is 2. The van der Waals surface area contributed by atoms with E-state index in [0.29, 0.717) is 10.3 Å². The number of hydrogen-bond acceptors (Lipinski definition) is 4. The minimum Gasteiger partial charge on any atom is -0.317 e. The normalized spacial score (nSPS) is 17.2. The number of rotatable bonds is 3. The van der Waals surface area contributed by atoms with Crippen molar-refractivity contribution < 1.29 is 8.42 Å². The molecule has 2 heterocycles. The molecule has 2 N–H and O–H groups in total. The molecule has 5 nitrogen and oxygen atoms in total. The second-order valence-electron chi connectivity index (χ2n) is 5.43. The number of sulfonamides is 1. The lowest BCUT2D eigenvalue weighted by Gasteiger charge is -2.23. The Bertz CT molecular complexity index is 753. The molecule has 0 aliphatic carbocycles. The molecule has 2 aromatic rings. The zero-order valence-electron chi connectivity index (χ0n) is 12.0. The fraction of sp³-hybridized carbons (Fsp3) is 0.400. The molecular weight excluding hydrogens is 286 g/mol. The van der Waals surface area contributed by atoms with Crippen LogP contribution in [0.2, 0.25) is 0 Å². The van der Waals surface area contributed by atoms with Crippen molar-refractivity contribution in [2.45, 2.75) is 30.7 Å². The lowest BCUT2D eigenvalue weighted by atomic mass is 10.1. The number of piperidine rings is 1. The van der Waals surface area contributed by atoms with Crippen molar-refractivity contribution in [2.24, 2.45) is 0 Å². The molecule has 0 atom stereocenters. The second-order valence-corrected chi connectivity index (χ2v) is 7.11. The average molecular weight is 305 g/mol. The summed E-state index contributed by atoms with van der Waals surface area (Å²) in [7, 11) is -3.52. The van der Waals surface area contributed by atoms with E-state index in [1.165, 1.54) is 0 Å². The Morgan fingerprint density at radius 2 is 2.00 bits per heavy atom. The van der Waals surface area contributed by atoms with Gasteiger partial charge in [-0.1, -0.05) is 6.07 Å². The maximum absolute atomic E-state index is 12.7. The maximum Gasteiger partial charge on any atom is 0.241 e. The quantitative estimate of drug-likeness (QED) is 0.903. The molecule has 0 saturated carbocycles. The fourth-order valence-electron chi connectivity index (χ4n) is 2.74. The van der Waals surface area contributed by atoms with Gasteiger partial charge in [0, 0.05) is 17.6 Å². The molecule has 6 heteroatoms. The highest BCUT2D eigenvalue weighted by Gasteiger charge is 2.23. The van der Waals surface area contributed by atoms with Crippen LogP contribution in [0.25, 0.3) is 10.9 Å². The summed E-state index contributed by atoms with van der Waals surface area (Å²) in [6.07, 6.45) is 3.33. The first-order valence-electron chi connectivity index (χ1n) is 7.15.